The highest BCUT2D eigenvalue weighted by Gasteiger charge is 2.38. The fraction of sp³-hybridized carbons (Fsp3) is 0.929. The van der Waals surface area contributed by atoms with Gasteiger partial charge in [-0.15, -0.1) is 0 Å². The Morgan fingerprint density at radius 1 is 1.28 bits per heavy atom. The monoisotopic (exact) mass is 254 g/mol. The molecule has 2 aliphatic rings. The van der Waals surface area contributed by atoms with Crippen LogP contribution in [0.3, 0.4) is 0 Å². The van der Waals surface area contributed by atoms with Gasteiger partial charge in [0.1, 0.15) is 0 Å². The predicted molar refractivity (Wildman–Crippen MR) is 71.2 cm³/mol. The molecule has 4 nitrogen and oxygen atoms in total. The summed E-state index contributed by atoms with van der Waals surface area (Å²) < 4.78 is 0. The van der Waals surface area contributed by atoms with E-state index in [1.807, 2.05) is 0 Å². The highest BCUT2D eigenvalue weighted by atomic mass is 16.3. The molecule has 0 aromatic carbocycles. The fourth-order valence-corrected chi connectivity index (χ4v) is 3.20. The molecule has 0 aromatic heterocycles. The zero-order valence-electron chi connectivity index (χ0n) is 11.5. The summed E-state index contributed by atoms with van der Waals surface area (Å²) in [5.41, 5.74) is 0.00194. The topological polar surface area (TPSA) is 61.4 Å². The molecule has 0 spiro atoms. The van der Waals surface area contributed by atoms with Crippen molar-refractivity contribution in [2.24, 2.45) is 5.41 Å². The third-order valence-corrected chi connectivity index (χ3v) is 4.45. The molecule has 1 aliphatic carbocycles. The molecule has 1 unspecified atom stereocenters. The quantitative estimate of drug-likeness (QED) is 0.693. The first kappa shape index (κ1) is 13.8. The molecule has 0 radical (unpaired) electrons. The van der Waals surface area contributed by atoms with Crippen molar-refractivity contribution in [1.29, 1.82) is 0 Å². The van der Waals surface area contributed by atoms with Crippen molar-refractivity contribution >= 4 is 5.91 Å². The third kappa shape index (κ3) is 3.04. The summed E-state index contributed by atoms with van der Waals surface area (Å²) in [6.07, 6.45) is 5.72. The summed E-state index contributed by atoms with van der Waals surface area (Å²) in [4.78, 5) is 12.3. The van der Waals surface area contributed by atoms with Gasteiger partial charge in [0.15, 0.2) is 0 Å². The van der Waals surface area contributed by atoms with E-state index in [9.17, 15) is 9.90 Å². The lowest BCUT2D eigenvalue weighted by atomic mass is 9.77. The van der Waals surface area contributed by atoms with E-state index in [4.69, 9.17) is 0 Å². The van der Waals surface area contributed by atoms with Crippen LogP contribution in [0, 0.1) is 5.41 Å². The first-order valence-electron chi connectivity index (χ1n) is 7.22. The molecule has 1 saturated carbocycles. The molecule has 1 saturated heterocycles. The van der Waals surface area contributed by atoms with Crippen LogP contribution >= 0.6 is 0 Å². The number of piperidine rings is 1. The van der Waals surface area contributed by atoms with Crippen molar-refractivity contribution in [1.82, 2.24) is 10.6 Å². The van der Waals surface area contributed by atoms with Gasteiger partial charge in [-0.05, 0) is 37.6 Å². The Morgan fingerprint density at radius 3 is 2.67 bits per heavy atom. The summed E-state index contributed by atoms with van der Waals surface area (Å²) in [5.74, 6) is 0.0608. The van der Waals surface area contributed by atoms with Gasteiger partial charge in [-0.1, -0.05) is 26.7 Å². The molecule has 2 rings (SSSR count). The van der Waals surface area contributed by atoms with Crippen LogP contribution < -0.4 is 10.6 Å². The summed E-state index contributed by atoms with van der Waals surface area (Å²) in [7, 11) is 0. The largest absolute Gasteiger partial charge is 0.391 e. The maximum absolute atomic E-state index is 12.3. The van der Waals surface area contributed by atoms with E-state index < -0.39 is 0 Å². The van der Waals surface area contributed by atoms with Crippen LogP contribution in [0.15, 0.2) is 0 Å². The second-order valence-electron chi connectivity index (χ2n) is 6.45. The SMILES string of the molecule is CC1(C)CCCNC1C(=O)N[C@H]1CCCC[C@@H]1O. The maximum atomic E-state index is 12.3. The maximum Gasteiger partial charge on any atom is 0.237 e. The van der Waals surface area contributed by atoms with Crippen LogP contribution in [-0.4, -0.2) is 35.7 Å². The molecule has 1 heterocycles. The highest BCUT2D eigenvalue weighted by Crippen LogP contribution is 2.30. The van der Waals surface area contributed by atoms with Crippen molar-refractivity contribution in [2.75, 3.05) is 6.54 Å². The van der Waals surface area contributed by atoms with Gasteiger partial charge in [0.2, 0.25) is 5.91 Å². The Balaban J connectivity index is 1.94. The second kappa shape index (κ2) is 5.57. The number of amides is 1. The number of rotatable bonds is 2. The van der Waals surface area contributed by atoms with E-state index in [0.717, 1.165) is 45.1 Å². The predicted octanol–water partition coefficient (Wildman–Crippen LogP) is 1.18. The van der Waals surface area contributed by atoms with E-state index in [2.05, 4.69) is 24.5 Å². The van der Waals surface area contributed by atoms with Gasteiger partial charge in [0.25, 0.3) is 0 Å². The number of carbonyl (C=O) groups is 1. The number of hydrogen-bond acceptors (Lipinski definition) is 3. The molecule has 3 N–H and O–H groups in total. The van der Waals surface area contributed by atoms with Gasteiger partial charge in [0.05, 0.1) is 18.2 Å². The first-order chi connectivity index (χ1) is 8.50. The van der Waals surface area contributed by atoms with Crippen molar-refractivity contribution in [2.45, 2.75) is 70.6 Å². The number of hydrogen-bond donors (Lipinski definition) is 3. The van der Waals surface area contributed by atoms with Crippen LogP contribution in [-0.2, 0) is 4.79 Å². The summed E-state index contributed by atoms with van der Waals surface area (Å²) in [6, 6.07) is -0.175. The first-order valence-corrected chi connectivity index (χ1v) is 7.22. The van der Waals surface area contributed by atoms with E-state index in [0.29, 0.717) is 0 Å². The molecule has 0 aromatic rings. The Kier molecular flexibility index (Phi) is 4.28. The van der Waals surface area contributed by atoms with Crippen molar-refractivity contribution in [3.63, 3.8) is 0 Å². The standard InChI is InChI=1S/C14H26N2O2/c1-14(2)8-5-9-15-12(14)13(18)16-10-6-3-4-7-11(10)17/h10-12,15,17H,3-9H2,1-2H3,(H,16,18)/t10-,11-,12?/m0/s1. The molecule has 0 bridgehead atoms. The molecule has 3 atom stereocenters. The molecule has 1 aliphatic heterocycles. The van der Waals surface area contributed by atoms with Gasteiger partial charge in [0, 0.05) is 0 Å². The number of nitrogens with one attached hydrogen (secondary N) is 2. The van der Waals surface area contributed by atoms with E-state index >= 15 is 0 Å². The van der Waals surface area contributed by atoms with Gasteiger partial charge in [-0.25, -0.2) is 0 Å². The number of carbonyl (C=O) groups excluding carboxylic acids is 1. The van der Waals surface area contributed by atoms with Crippen LogP contribution in [0.4, 0.5) is 0 Å². The van der Waals surface area contributed by atoms with E-state index in [-0.39, 0.29) is 29.5 Å². The van der Waals surface area contributed by atoms with E-state index in [1.165, 1.54) is 0 Å². The zero-order chi connectivity index (χ0) is 13.2. The number of aliphatic hydroxyl groups is 1. The van der Waals surface area contributed by atoms with E-state index in [1.54, 1.807) is 0 Å². The molecular weight excluding hydrogens is 228 g/mol. The van der Waals surface area contributed by atoms with Crippen LogP contribution in [0.1, 0.15) is 52.4 Å². The smallest absolute Gasteiger partial charge is 0.237 e. The Bertz CT molecular complexity index is 304. The summed E-state index contributed by atoms with van der Waals surface area (Å²) >= 11 is 0. The van der Waals surface area contributed by atoms with Crippen LogP contribution in [0.5, 0.6) is 0 Å². The van der Waals surface area contributed by atoms with Crippen molar-refractivity contribution in [3.8, 4) is 0 Å². The van der Waals surface area contributed by atoms with Crippen molar-refractivity contribution in [3.05, 3.63) is 0 Å². The molecule has 2 fully saturated rings. The lowest BCUT2D eigenvalue weighted by Gasteiger charge is -2.39. The Hall–Kier alpha value is -0.610. The van der Waals surface area contributed by atoms with Gasteiger partial charge in [-0.2, -0.15) is 0 Å². The normalized spacial score (nSPS) is 36.1. The minimum absolute atomic E-state index is 0.00194. The highest BCUT2D eigenvalue weighted by molar-refractivity contribution is 5.83. The molecule has 1 amide bonds. The minimum Gasteiger partial charge on any atom is -0.391 e. The molecular formula is C14H26N2O2. The van der Waals surface area contributed by atoms with Gasteiger partial charge >= 0.3 is 0 Å². The minimum atomic E-state index is -0.366. The van der Waals surface area contributed by atoms with Crippen molar-refractivity contribution < 1.29 is 9.90 Å². The van der Waals surface area contributed by atoms with Crippen LogP contribution in [0.25, 0.3) is 0 Å². The lowest BCUT2D eigenvalue weighted by Crippen LogP contribution is -2.58. The summed E-state index contributed by atoms with van der Waals surface area (Å²) in [5, 5.41) is 16.3. The molecule has 104 valence electrons. The van der Waals surface area contributed by atoms with Gasteiger partial charge < -0.3 is 15.7 Å². The van der Waals surface area contributed by atoms with Crippen LogP contribution in [0.2, 0.25) is 0 Å². The average molecular weight is 254 g/mol. The lowest BCUT2D eigenvalue weighted by molar-refractivity contribution is -0.128. The summed E-state index contributed by atoms with van der Waals surface area (Å²) in [6.45, 7) is 5.19. The average Bonchev–Trinajstić information content (AvgIpc) is 2.31. The second-order valence-corrected chi connectivity index (χ2v) is 6.45. The Labute approximate surface area is 110 Å². The Morgan fingerprint density at radius 2 is 2.00 bits per heavy atom. The van der Waals surface area contributed by atoms with Gasteiger partial charge in [-0.3, -0.25) is 4.79 Å². The molecule has 4 heteroatoms. The number of aliphatic hydroxyl groups excluding tert-OH is 1. The fourth-order valence-electron chi connectivity index (χ4n) is 3.20. The third-order valence-electron chi connectivity index (χ3n) is 4.45. The zero-order valence-corrected chi connectivity index (χ0v) is 11.5. The molecule has 18 heavy (non-hydrogen) atoms.